The van der Waals surface area contributed by atoms with Crippen molar-refractivity contribution in [2.45, 2.75) is 33.4 Å². The molecular weight excluding hydrogens is 346 g/mol. The minimum Gasteiger partial charge on any atom is -0.485 e. The number of ether oxygens (including phenoxy) is 1. The van der Waals surface area contributed by atoms with Gasteiger partial charge in [-0.15, -0.1) is 5.10 Å². The fourth-order valence-electron chi connectivity index (χ4n) is 2.72. The van der Waals surface area contributed by atoms with E-state index in [1.807, 2.05) is 36.7 Å². The second kappa shape index (κ2) is 8.43. The van der Waals surface area contributed by atoms with E-state index in [0.29, 0.717) is 23.7 Å². The van der Waals surface area contributed by atoms with E-state index in [9.17, 15) is 4.79 Å². The van der Waals surface area contributed by atoms with Crippen molar-refractivity contribution in [3.8, 4) is 5.75 Å². The zero-order valence-electron chi connectivity index (χ0n) is 15.7. The van der Waals surface area contributed by atoms with Crippen LogP contribution >= 0.6 is 0 Å². The van der Waals surface area contributed by atoms with Gasteiger partial charge in [-0.2, -0.15) is 5.10 Å². The molecule has 27 heavy (non-hydrogen) atoms. The van der Waals surface area contributed by atoms with Crippen LogP contribution in [0.3, 0.4) is 0 Å². The van der Waals surface area contributed by atoms with E-state index in [0.717, 1.165) is 24.4 Å². The molecule has 3 rings (SSSR count). The van der Waals surface area contributed by atoms with Gasteiger partial charge in [0.25, 0.3) is 5.91 Å². The van der Waals surface area contributed by atoms with Gasteiger partial charge in [0.15, 0.2) is 5.82 Å². The highest BCUT2D eigenvalue weighted by Crippen LogP contribution is 2.18. The SMILES string of the molecule is Cc1cc(C)n(CCCNC(=O)c2ccccc2OCc2nnnn2C)n1. The molecule has 1 amide bonds. The molecule has 9 heteroatoms. The summed E-state index contributed by atoms with van der Waals surface area (Å²) in [7, 11) is 1.74. The monoisotopic (exact) mass is 369 g/mol. The number of aryl methyl sites for hydroxylation is 4. The van der Waals surface area contributed by atoms with Crippen molar-refractivity contribution in [1.82, 2.24) is 35.3 Å². The van der Waals surface area contributed by atoms with E-state index in [2.05, 4.69) is 25.9 Å². The normalized spacial score (nSPS) is 10.8. The molecule has 2 aromatic heterocycles. The molecule has 1 N–H and O–H groups in total. The lowest BCUT2D eigenvalue weighted by Gasteiger charge is -2.11. The van der Waals surface area contributed by atoms with Crippen LogP contribution in [0.4, 0.5) is 0 Å². The Morgan fingerprint density at radius 2 is 2.07 bits per heavy atom. The van der Waals surface area contributed by atoms with Crippen molar-refractivity contribution >= 4 is 5.91 Å². The molecule has 0 aliphatic heterocycles. The van der Waals surface area contributed by atoms with Gasteiger partial charge in [0.1, 0.15) is 12.4 Å². The maximum absolute atomic E-state index is 12.5. The number of amides is 1. The number of nitrogens with one attached hydrogen (secondary N) is 1. The standard InChI is InChI=1S/C18H23N7O2/c1-13-11-14(2)25(21-13)10-6-9-19-18(26)15-7-4-5-8-16(15)27-12-17-20-22-23-24(17)3/h4-5,7-8,11H,6,9-10,12H2,1-3H3,(H,19,26). The molecule has 0 saturated carbocycles. The molecule has 1 aromatic carbocycles. The molecule has 9 nitrogen and oxygen atoms in total. The molecule has 142 valence electrons. The maximum atomic E-state index is 12.5. The van der Waals surface area contributed by atoms with E-state index < -0.39 is 0 Å². The largest absolute Gasteiger partial charge is 0.485 e. The Morgan fingerprint density at radius 1 is 1.26 bits per heavy atom. The number of benzene rings is 1. The van der Waals surface area contributed by atoms with Gasteiger partial charge in [-0.25, -0.2) is 4.68 Å². The van der Waals surface area contributed by atoms with Crippen LogP contribution in [0.15, 0.2) is 30.3 Å². The number of hydrogen-bond donors (Lipinski definition) is 1. The van der Waals surface area contributed by atoms with Crippen molar-refractivity contribution in [1.29, 1.82) is 0 Å². The third-order valence-corrected chi connectivity index (χ3v) is 4.13. The van der Waals surface area contributed by atoms with Gasteiger partial charge < -0.3 is 10.1 Å². The lowest BCUT2D eigenvalue weighted by atomic mass is 10.2. The van der Waals surface area contributed by atoms with E-state index in [4.69, 9.17) is 4.74 Å². The zero-order valence-corrected chi connectivity index (χ0v) is 15.7. The number of rotatable bonds is 8. The van der Waals surface area contributed by atoms with E-state index in [1.165, 1.54) is 4.68 Å². The van der Waals surface area contributed by atoms with Crippen LogP contribution in [-0.2, 0) is 20.2 Å². The first-order chi connectivity index (χ1) is 13.0. The number of carbonyl (C=O) groups excluding carboxylic acids is 1. The third-order valence-electron chi connectivity index (χ3n) is 4.13. The van der Waals surface area contributed by atoms with Crippen LogP contribution in [-0.4, -0.2) is 42.4 Å². The fourth-order valence-corrected chi connectivity index (χ4v) is 2.72. The third kappa shape index (κ3) is 4.69. The molecule has 2 heterocycles. The molecule has 0 fully saturated rings. The first-order valence-corrected chi connectivity index (χ1v) is 8.77. The summed E-state index contributed by atoms with van der Waals surface area (Å²) in [6.45, 7) is 5.50. The predicted octanol–water partition coefficient (Wildman–Crippen LogP) is 1.42. The summed E-state index contributed by atoms with van der Waals surface area (Å²) in [5.41, 5.74) is 2.61. The molecule has 0 saturated heterocycles. The summed E-state index contributed by atoms with van der Waals surface area (Å²) < 4.78 is 9.22. The van der Waals surface area contributed by atoms with Gasteiger partial charge in [-0.3, -0.25) is 9.48 Å². The number of para-hydroxylation sites is 1. The van der Waals surface area contributed by atoms with E-state index in [-0.39, 0.29) is 12.5 Å². The van der Waals surface area contributed by atoms with Gasteiger partial charge in [-0.05, 0) is 48.9 Å². The predicted molar refractivity (Wildman–Crippen MR) is 98.2 cm³/mol. The second-order valence-electron chi connectivity index (χ2n) is 6.26. The van der Waals surface area contributed by atoms with Crippen LogP contribution in [0.2, 0.25) is 0 Å². The Bertz CT molecular complexity index is 916. The molecule has 0 bridgehead atoms. The molecule has 0 atom stereocenters. The minimum atomic E-state index is -0.171. The van der Waals surface area contributed by atoms with Crippen molar-refractivity contribution in [2.75, 3.05) is 6.54 Å². The first kappa shape index (κ1) is 18.6. The van der Waals surface area contributed by atoms with Crippen molar-refractivity contribution in [2.24, 2.45) is 7.05 Å². The van der Waals surface area contributed by atoms with E-state index >= 15 is 0 Å². The summed E-state index contributed by atoms with van der Waals surface area (Å²) in [5, 5.41) is 18.6. The van der Waals surface area contributed by atoms with Crippen molar-refractivity contribution < 1.29 is 9.53 Å². The quantitative estimate of drug-likeness (QED) is 0.603. The highest BCUT2D eigenvalue weighted by molar-refractivity contribution is 5.96. The number of nitrogens with zero attached hydrogens (tertiary/aromatic N) is 6. The average Bonchev–Trinajstić information content (AvgIpc) is 3.21. The van der Waals surface area contributed by atoms with Crippen LogP contribution in [0.1, 0.15) is 34.0 Å². The number of aromatic nitrogens is 6. The molecular formula is C18H23N7O2. The van der Waals surface area contributed by atoms with Crippen LogP contribution in [0.5, 0.6) is 5.75 Å². The van der Waals surface area contributed by atoms with Crippen LogP contribution < -0.4 is 10.1 Å². The Morgan fingerprint density at radius 3 is 2.78 bits per heavy atom. The zero-order chi connectivity index (χ0) is 19.2. The summed E-state index contributed by atoms with van der Waals surface area (Å²) in [6.07, 6.45) is 0.793. The molecule has 0 unspecified atom stereocenters. The first-order valence-electron chi connectivity index (χ1n) is 8.77. The fraction of sp³-hybridized carbons (Fsp3) is 0.389. The van der Waals surface area contributed by atoms with Crippen molar-refractivity contribution in [3.63, 3.8) is 0 Å². The average molecular weight is 369 g/mol. The molecule has 3 aromatic rings. The topological polar surface area (TPSA) is 99.8 Å². The Hall–Kier alpha value is -3.23. The lowest BCUT2D eigenvalue weighted by Crippen LogP contribution is -2.26. The summed E-state index contributed by atoms with van der Waals surface area (Å²) in [5.74, 6) is 0.904. The Kier molecular flexibility index (Phi) is 5.80. The van der Waals surface area contributed by atoms with Gasteiger partial charge >= 0.3 is 0 Å². The summed E-state index contributed by atoms with van der Waals surface area (Å²) >= 11 is 0. The van der Waals surface area contributed by atoms with Crippen LogP contribution in [0.25, 0.3) is 0 Å². The highest BCUT2D eigenvalue weighted by Gasteiger charge is 2.13. The summed E-state index contributed by atoms with van der Waals surface area (Å²) in [4.78, 5) is 12.5. The molecule has 0 spiro atoms. The smallest absolute Gasteiger partial charge is 0.255 e. The van der Waals surface area contributed by atoms with Gasteiger partial charge in [0, 0.05) is 25.8 Å². The maximum Gasteiger partial charge on any atom is 0.255 e. The van der Waals surface area contributed by atoms with Gasteiger partial charge in [0.05, 0.1) is 11.3 Å². The van der Waals surface area contributed by atoms with Gasteiger partial charge in [-0.1, -0.05) is 12.1 Å². The number of carbonyl (C=O) groups is 1. The highest BCUT2D eigenvalue weighted by atomic mass is 16.5. The van der Waals surface area contributed by atoms with Crippen molar-refractivity contribution in [3.05, 3.63) is 53.1 Å². The number of hydrogen-bond acceptors (Lipinski definition) is 6. The lowest BCUT2D eigenvalue weighted by molar-refractivity contribution is 0.0948. The summed E-state index contributed by atoms with van der Waals surface area (Å²) in [6, 6.07) is 9.17. The molecule has 0 aliphatic carbocycles. The number of tetrazole rings is 1. The Balaban J connectivity index is 1.53. The van der Waals surface area contributed by atoms with Crippen LogP contribution in [0, 0.1) is 13.8 Å². The molecule has 0 aliphatic rings. The van der Waals surface area contributed by atoms with Gasteiger partial charge in [0.2, 0.25) is 0 Å². The minimum absolute atomic E-state index is 0.171. The second-order valence-corrected chi connectivity index (χ2v) is 6.26. The van der Waals surface area contributed by atoms with E-state index in [1.54, 1.807) is 19.2 Å². The Labute approximate surface area is 157 Å². The molecule has 0 radical (unpaired) electrons.